The van der Waals surface area contributed by atoms with Crippen molar-refractivity contribution in [1.82, 2.24) is 15.1 Å². The highest BCUT2D eigenvalue weighted by molar-refractivity contribution is 5.25. The molecule has 0 amide bonds. The standard InChI is InChI=1S/C17H33N3/c1-8-15(9-2)12-20-14(4)16(13(3)19-20)10-11-18-17(5,6)7/h15,18H,8-12H2,1-7H3. The minimum absolute atomic E-state index is 0.188. The summed E-state index contributed by atoms with van der Waals surface area (Å²) in [6.45, 7) is 17.6. The second-order valence-electron chi connectivity index (χ2n) is 6.94. The second kappa shape index (κ2) is 7.26. The Hall–Kier alpha value is -0.830. The topological polar surface area (TPSA) is 29.9 Å². The summed E-state index contributed by atoms with van der Waals surface area (Å²) < 4.78 is 2.22. The molecule has 1 aromatic heterocycles. The van der Waals surface area contributed by atoms with Crippen LogP contribution in [0.15, 0.2) is 0 Å². The van der Waals surface area contributed by atoms with E-state index in [1.165, 1.54) is 29.8 Å². The summed E-state index contributed by atoms with van der Waals surface area (Å²) in [7, 11) is 0. The Morgan fingerprint density at radius 2 is 1.75 bits per heavy atom. The van der Waals surface area contributed by atoms with Gasteiger partial charge in [0.1, 0.15) is 0 Å². The van der Waals surface area contributed by atoms with E-state index < -0.39 is 0 Å². The molecule has 0 radical (unpaired) electrons. The molecule has 1 N–H and O–H groups in total. The lowest BCUT2D eigenvalue weighted by Gasteiger charge is -2.20. The fourth-order valence-corrected chi connectivity index (χ4v) is 2.63. The van der Waals surface area contributed by atoms with Gasteiger partial charge in [-0.3, -0.25) is 4.68 Å². The summed E-state index contributed by atoms with van der Waals surface area (Å²) >= 11 is 0. The fourth-order valence-electron chi connectivity index (χ4n) is 2.63. The maximum atomic E-state index is 4.75. The maximum absolute atomic E-state index is 4.75. The van der Waals surface area contributed by atoms with E-state index in [2.05, 4.69) is 58.5 Å². The zero-order chi connectivity index (χ0) is 15.3. The van der Waals surface area contributed by atoms with Crippen molar-refractivity contribution in [2.45, 2.75) is 79.8 Å². The Morgan fingerprint density at radius 3 is 2.25 bits per heavy atom. The van der Waals surface area contributed by atoms with Crippen LogP contribution in [0.3, 0.4) is 0 Å². The minimum Gasteiger partial charge on any atom is -0.312 e. The highest BCUT2D eigenvalue weighted by atomic mass is 15.3. The van der Waals surface area contributed by atoms with Gasteiger partial charge < -0.3 is 5.32 Å². The lowest BCUT2D eigenvalue weighted by Crippen LogP contribution is -2.37. The average Bonchev–Trinajstić information content (AvgIpc) is 2.61. The van der Waals surface area contributed by atoms with Crippen LogP contribution in [0.25, 0.3) is 0 Å². The van der Waals surface area contributed by atoms with Crippen molar-refractivity contribution in [1.29, 1.82) is 0 Å². The third kappa shape index (κ3) is 4.93. The van der Waals surface area contributed by atoms with Gasteiger partial charge in [-0.25, -0.2) is 0 Å². The number of rotatable bonds is 7. The van der Waals surface area contributed by atoms with Gasteiger partial charge in [0.25, 0.3) is 0 Å². The van der Waals surface area contributed by atoms with E-state index in [1.807, 2.05) is 0 Å². The van der Waals surface area contributed by atoms with E-state index in [0.717, 1.165) is 25.4 Å². The van der Waals surface area contributed by atoms with Crippen molar-refractivity contribution in [2.75, 3.05) is 6.54 Å². The van der Waals surface area contributed by atoms with Crippen molar-refractivity contribution < 1.29 is 0 Å². The highest BCUT2D eigenvalue weighted by Crippen LogP contribution is 2.18. The van der Waals surface area contributed by atoms with Gasteiger partial charge in [0.2, 0.25) is 0 Å². The normalized spacial score (nSPS) is 12.4. The highest BCUT2D eigenvalue weighted by Gasteiger charge is 2.15. The van der Waals surface area contributed by atoms with Crippen LogP contribution in [0.4, 0.5) is 0 Å². The summed E-state index contributed by atoms with van der Waals surface area (Å²) in [6.07, 6.45) is 3.53. The third-order valence-electron chi connectivity index (χ3n) is 4.15. The minimum atomic E-state index is 0.188. The summed E-state index contributed by atoms with van der Waals surface area (Å²) in [5.41, 5.74) is 4.16. The number of hydrogen-bond acceptors (Lipinski definition) is 2. The van der Waals surface area contributed by atoms with Gasteiger partial charge in [0, 0.05) is 17.8 Å². The molecular formula is C17H33N3. The molecule has 0 spiro atoms. The largest absolute Gasteiger partial charge is 0.312 e. The number of nitrogens with zero attached hydrogens (tertiary/aromatic N) is 2. The summed E-state index contributed by atoms with van der Waals surface area (Å²) in [5.74, 6) is 0.744. The van der Waals surface area contributed by atoms with Gasteiger partial charge in [-0.2, -0.15) is 5.10 Å². The third-order valence-corrected chi connectivity index (χ3v) is 4.15. The lowest BCUT2D eigenvalue weighted by molar-refractivity contribution is 0.390. The molecule has 0 aliphatic heterocycles. The van der Waals surface area contributed by atoms with E-state index in [0.29, 0.717) is 0 Å². The predicted octanol–water partition coefficient (Wildman–Crippen LogP) is 3.87. The Morgan fingerprint density at radius 1 is 1.15 bits per heavy atom. The second-order valence-corrected chi connectivity index (χ2v) is 6.94. The van der Waals surface area contributed by atoms with Gasteiger partial charge in [0.05, 0.1) is 5.69 Å². The molecule has 0 atom stereocenters. The van der Waals surface area contributed by atoms with Gasteiger partial charge in [-0.05, 0) is 59.1 Å². The Balaban J connectivity index is 2.71. The van der Waals surface area contributed by atoms with E-state index in [9.17, 15) is 0 Å². The molecule has 3 heteroatoms. The molecule has 0 saturated heterocycles. The van der Waals surface area contributed by atoms with Gasteiger partial charge >= 0.3 is 0 Å². The van der Waals surface area contributed by atoms with E-state index in [-0.39, 0.29) is 5.54 Å². The van der Waals surface area contributed by atoms with Crippen LogP contribution < -0.4 is 5.32 Å². The Labute approximate surface area is 125 Å². The first-order valence-electron chi connectivity index (χ1n) is 8.06. The molecule has 116 valence electrons. The Kier molecular flexibility index (Phi) is 6.25. The molecule has 0 bridgehead atoms. The van der Waals surface area contributed by atoms with Crippen LogP contribution in [0, 0.1) is 19.8 Å². The molecule has 0 unspecified atom stereocenters. The first-order valence-corrected chi connectivity index (χ1v) is 8.06. The zero-order valence-electron chi connectivity index (χ0n) is 14.5. The molecule has 1 rings (SSSR count). The molecule has 3 nitrogen and oxygen atoms in total. The van der Waals surface area contributed by atoms with Crippen molar-refractivity contribution in [2.24, 2.45) is 5.92 Å². The first kappa shape index (κ1) is 17.2. The molecule has 0 aliphatic rings. The molecule has 20 heavy (non-hydrogen) atoms. The molecular weight excluding hydrogens is 246 g/mol. The number of aromatic nitrogens is 2. The predicted molar refractivity (Wildman–Crippen MR) is 87.2 cm³/mol. The quantitative estimate of drug-likeness (QED) is 0.821. The van der Waals surface area contributed by atoms with Crippen LogP contribution in [-0.4, -0.2) is 21.9 Å². The summed E-state index contributed by atoms with van der Waals surface area (Å²) in [6, 6.07) is 0. The van der Waals surface area contributed by atoms with Crippen LogP contribution in [0.5, 0.6) is 0 Å². The Bertz CT molecular complexity index is 409. The smallest absolute Gasteiger partial charge is 0.0628 e. The molecule has 0 aliphatic carbocycles. The van der Waals surface area contributed by atoms with Crippen molar-refractivity contribution in [3.63, 3.8) is 0 Å². The maximum Gasteiger partial charge on any atom is 0.0628 e. The van der Waals surface area contributed by atoms with Crippen LogP contribution in [0.2, 0.25) is 0 Å². The molecule has 0 fully saturated rings. The lowest BCUT2D eigenvalue weighted by atomic mass is 10.0. The molecule has 0 saturated carbocycles. The van der Waals surface area contributed by atoms with Gasteiger partial charge in [0.15, 0.2) is 0 Å². The number of hydrogen-bond donors (Lipinski definition) is 1. The average molecular weight is 279 g/mol. The summed E-state index contributed by atoms with van der Waals surface area (Å²) in [4.78, 5) is 0. The van der Waals surface area contributed by atoms with Crippen molar-refractivity contribution >= 4 is 0 Å². The van der Waals surface area contributed by atoms with E-state index >= 15 is 0 Å². The van der Waals surface area contributed by atoms with E-state index in [4.69, 9.17) is 5.10 Å². The number of nitrogens with one attached hydrogen (secondary N) is 1. The van der Waals surface area contributed by atoms with E-state index in [1.54, 1.807) is 0 Å². The van der Waals surface area contributed by atoms with Crippen molar-refractivity contribution in [3.05, 3.63) is 17.0 Å². The van der Waals surface area contributed by atoms with Crippen LogP contribution in [-0.2, 0) is 13.0 Å². The molecule has 1 heterocycles. The summed E-state index contributed by atoms with van der Waals surface area (Å²) in [5, 5.41) is 8.31. The first-order chi connectivity index (χ1) is 9.28. The number of aryl methyl sites for hydroxylation is 1. The zero-order valence-corrected chi connectivity index (χ0v) is 14.5. The van der Waals surface area contributed by atoms with Crippen LogP contribution >= 0.6 is 0 Å². The monoisotopic (exact) mass is 279 g/mol. The molecule has 0 aromatic carbocycles. The SMILES string of the molecule is CCC(CC)Cn1nc(C)c(CCNC(C)(C)C)c1C. The fraction of sp³-hybridized carbons (Fsp3) is 0.824. The van der Waals surface area contributed by atoms with Gasteiger partial charge in [-0.1, -0.05) is 26.7 Å². The van der Waals surface area contributed by atoms with Crippen molar-refractivity contribution in [3.8, 4) is 0 Å². The molecule has 1 aromatic rings. The van der Waals surface area contributed by atoms with Gasteiger partial charge in [-0.15, -0.1) is 0 Å². The van der Waals surface area contributed by atoms with Crippen LogP contribution in [0.1, 0.15) is 64.4 Å².